The topological polar surface area (TPSA) is 20.3 Å². The van der Waals surface area contributed by atoms with Gasteiger partial charge in [0.2, 0.25) is 0 Å². The van der Waals surface area contributed by atoms with Gasteiger partial charge >= 0.3 is 0 Å². The van der Waals surface area contributed by atoms with Crippen LogP contribution in [0.25, 0.3) is 0 Å². The second-order valence-corrected chi connectivity index (χ2v) is 6.42. The Labute approximate surface area is 129 Å². The Morgan fingerprint density at radius 3 is 2.24 bits per heavy atom. The highest BCUT2D eigenvalue weighted by molar-refractivity contribution is 5.96. The molecule has 0 aliphatic heterocycles. The molecule has 0 saturated heterocycles. The van der Waals surface area contributed by atoms with E-state index in [1.807, 2.05) is 24.0 Å². The molecule has 0 fully saturated rings. The molecule has 1 aromatic carbocycles. The van der Waals surface area contributed by atoms with E-state index in [0.717, 1.165) is 23.1 Å². The smallest absolute Gasteiger partial charge is 0.254 e. The number of carbonyl (C=O) groups excluding carboxylic acids is 1. The average Bonchev–Trinajstić information content (AvgIpc) is 2.37. The molecule has 21 heavy (non-hydrogen) atoms. The number of hydrogen-bond donors (Lipinski definition) is 0. The zero-order valence-electron chi connectivity index (χ0n) is 14.3. The maximum absolute atomic E-state index is 13.0. The average molecular weight is 287 g/mol. The van der Waals surface area contributed by atoms with Gasteiger partial charge < -0.3 is 4.90 Å². The summed E-state index contributed by atoms with van der Waals surface area (Å²) >= 11 is 0. The first-order valence-corrected chi connectivity index (χ1v) is 7.83. The van der Waals surface area contributed by atoms with Gasteiger partial charge in [0, 0.05) is 17.6 Å². The summed E-state index contributed by atoms with van der Waals surface area (Å²) in [5.41, 5.74) is 3.09. The quantitative estimate of drug-likeness (QED) is 0.679. The second-order valence-electron chi connectivity index (χ2n) is 6.42. The minimum atomic E-state index is 0.134. The van der Waals surface area contributed by atoms with Crippen molar-refractivity contribution >= 4 is 5.91 Å². The molecule has 0 aliphatic rings. The molecule has 0 N–H and O–H groups in total. The minimum Gasteiger partial charge on any atom is -0.334 e. The van der Waals surface area contributed by atoms with Crippen molar-refractivity contribution in [3.05, 3.63) is 47.5 Å². The molecule has 0 bridgehead atoms. The van der Waals surface area contributed by atoms with Gasteiger partial charge in [-0.1, -0.05) is 30.7 Å². The van der Waals surface area contributed by atoms with Crippen LogP contribution < -0.4 is 0 Å². The van der Waals surface area contributed by atoms with E-state index in [1.165, 1.54) is 0 Å². The van der Waals surface area contributed by atoms with Crippen molar-refractivity contribution in [3.63, 3.8) is 0 Å². The molecule has 1 unspecified atom stereocenters. The first-order chi connectivity index (χ1) is 9.79. The van der Waals surface area contributed by atoms with Gasteiger partial charge in [0.05, 0.1) is 0 Å². The lowest BCUT2D eigenvalue weighted by Gasteiger charge is -2.32. The van der Waals surface area contributed by atoms with Gasteiger partial charge in [0.1, 0.15) is 0 Å². The van der Waals surface area contributed by atoms with Crippen molar-refractivity contribution in [2.24, 2.45) is 0 Å². The van der Waals surface area contributed by atoms with E-state index in [0.29, 0.717) is 5.92 Å². The number of amides is 1. The standard InChI is InChI=1S/C19H29NO/c1-8-9-16(7)17-11-10-15(6)12-18(17)19(21)20(13(2)3)14(4)5/h8,10-14,16H,1,9H2,2-7H3. The molecule has 116 valence electrons. The number of rotatable bonds is 6. The summed E-state index contributed by atoms with van der Waals surface area (Å²) in [6.07, 6.45) is 2.80. The highest BCUT2D eigenvalue weighted by Crippen LogP contribution is 2.26. The molecule has 1 amide bonds. The Kier molecular flexibility index (Phi) is 6.19. The molecular weight excluding hydrogens is 258 g/mol. The summed E-state index contributed by atoms with van der Waals surface area (Å²) in [6, 6.07) is 6.59. The molecule has 0 aliphatic carbocycles. The van der Waals surface area contributed by atoms with Crippen LogP contribution in [0, 0.1) is 6.92 Å². The second kappa shape index (κ2) is 7.44. The molecule has 1 atom stereocenters. The third-order valence-electron chi connectivity index (χ3n) is 3.84. The Morgan fingerprint density at radius 1 is 1.19 bits per heavy atom. The first kappa shape index (κ1) is 17.5. The summed E-state index contributed by atoms with van der Waals surface area (Å²) in [5, 5.41) is 0. The van der Waals surface area contributed by atoms with Crippen molar-refractivity contribution in [2.75, 3.05) is 0 Å². The van der Waals surface area contributed by atoms with Gasteiger partial charge in [0.15, 0.2) is 0 Å². The minimum absolute atomic E-state index is 0.134. The highest BCUT2D eigenvalue weighted by atomic mass is 16.2. The van der Waals surface area contributed by atoms with E-state index in [1.54, 1.807) is 0 Å². The van der Waals surface area contributed by atoms with Crippen molar-refractivity contribution in [3.8, 4) is 0 Å². The van der Waals surface area contributed by atoms with Gasteiger partial charge in [-0.05, 0) is 58.6 Å². The van der Waals surface area contributed by atoms with Crippen molar-refractivity contribution in [1.29, 1.82) is 0 Å². The van der Waals surface area contributed by atoms with E-state index < -0.39 is 0 Å². The fourth-order valence-electron chi connectivity index (χ4n) is 2.87. The molecule has 1 aromatic rings. The van der Waals surface area contributed by atoms with Crippen LogP contribution in [0.5, 0.6) is 0 Å². The third-order valence-corrected chi connectivity index (χ3v) is 3.84. The highest BCUT2D eigenvalue weighted by Gasteiger charge is 2.25. The molecule has 2 heteroatoms. The van der Waals surface area contributed by atoms with E-state index in [2.05, 4.69) is 53.3 Å². The van der Waals surface area contributed by atoms with Crippen LogP contribution in [-0.4, -0.2) is 22.9 Å². The molecule has 2 nitrogen and oxygen atoms in total. The first-order valence-electron chi connectivity index (χ1n) is 7.83. The Morgan fingerprint density at radius 2 is 1.76 bits per heavy atom. The van der Waals surface area contributed by atoms with E-state index >= 15 is 0 Å². The summed E-state index contributed by atoms with van der Waals surface area (Å²) in [4.78, 5) is 15.0. The lowest BCUT2D eigenvalue weighted by atomic mass is 9.91. The van der Waals surface area contributed by atoms with Crippen LogP contribution in [0.15, 0.2) is 30.9 Å². The number of aryl methyl sites for hydroxylation is 1. The zero-order chi connectivity index (χ0) is 16.2. The van der Waals surface area contributed by atoms with Gasteiger partial charge in [-0.15, -0.1) is 6.58 Å². The maximum atomic E-state index is 13.0. The SMILES string of the molecule is C=CCC(C)c1ccc(C)cc1C(=O)N(C(C)C)C(C)C. The van der Waals surface area contributed by atoms with E-state index in [-0.39, 0.29) is 18.0 Å². The van der Waals surface area contributed by atoms with Crippen LogP contribution in [0.4, 0.5) is 0 Å². The Balaban J connectivity index is 3.29. The molecule has 0 heterocycles. The fourth-order valence-corrected chi connectivity index (χ4v) is 2.87. The summed E-state index contributed by atoms with van der Waals surface area (Å²) < 4.78 is 0. The van der Waals surface area contributed by atoms with E-state index in [9.17, 15) is 4.79 Å². The third kappa shape index (κ3) is 4.20. The van der Waals surface area contributed by atoms with Gasteiger partial charge in [-0.2, -0.15) is 0 Å². The molecule has 1 rings (SSSR count). The number of hydrogen-bond acceptors (Lipinski definition) is 1. The lowest BCUT2D eigenvalue weighted by Crippen LogP contribution is -2.42. The van der Waals surface area contributed by atoms with Crippen LogP contribution >= 0.6 is 0 Å². The number of benzene rings is 1. The number of nitrogens with zero attached hydrogens (tertiary/aromatic N) is 1. The Bertz CT molecular complexity index is 494. The largest absolute Gasteiger partial charge is 0.334 e. The predicted octanol–water partition coefficient (Wildman–Crippen LogP) is 4.93. The summed E-state index contributed by atoms with van der Waals surface area (Å²) in [7, 11) is 0. The predicted molar refractivity (Wildman–Crippen MR) is 90.8 cm³/mol. The van der Waals surface area contributed by atoms with Crippen LogP contribution in [0.3, 0.4) is 0 Å². The fraction of sp³-hybridized carbons (Fsp3) is 0.526. The Hall–Kier alpha value is -1.57. The normalized spacial score (nSPS) is 12.6. The van der Waals surface area contributed by atoms with Crippen LogP contribution in [0.2, 0.25) is 0 Å². The molecule has 0 radical (unpaired) electrons. The van der Waals surface area contributed by atoms with Crippen LogP contribution in [-0.2, 0) is 0 Å². The monoisotopic (exact) mass is 287 g/mol. The number of carbonyl (C=O) groups is 1. The van der Waals surface area contributed by atoms with Gasteiger partial charge in [-0.25, -0.2) is 0 Å². The molecular formula is C19H29NO. The van der Waals surface area contributed by atoms with Gasteiger partial charge in [0.25, 0.3) is 5.91 Å². The molecule has 0 aromatic heterocycles. The van der Waals surface area contributed by atoms with Gasteiger partial charge in [-0.3, -0.25) is 4.79 Å². The van der Waals surface area contributed by atoms with Crippen molar-refractivity contribution < 1.29 is 4.79 Å². The lowest BCUT2D eigenvalue weighted by molar-refractivity contribution is 0.0642. The maximum Gasteiger partial charge on any atom is 0.254 e. The molecule has 0 saturated carbocycles. The van der Waals surface area contributed by atoms with Crippen LogP contribution in [0.1, 0.15) is 68.4 Å². The zero-order valence-corrected chi connectivity index (χ0v) is 14.3. The van der Waals surface area contributed by atoms with Crippen molar-refractivity contribution in [2.45, 2.75) is 66.0 Å². The molecule has 0 spiro atoms. The number of allylic oxidation sites excluding steroid dienone is 1. The van der Waals surface area contributed by atoms with E-state index in [4.69, 9.17) is 0 Å². The summed E-state index contributed by atoms with van der Waals surface area (Å²) in [6.45, 7) is 16.3. The van der Waals surface area contributed by atoms with Crippen molar-refractivity contribution in [1.82, 2.24) is 4.90 Å². The summed E-state index contributed by atoms with van der Waals surface area (Å²) in [5.74, 6) is 0.442.